The van der Waals surface area contributed by atoms with Gasteiger partial charge < -0.3 is 15.4 Å². The van der Waals surface area contributed by atoms with Crippen LogP contribution in [0.1, 0.15) is 30.6 Å². The highest BCUT2D eigenvalue weighted by Crippen LogP contribution is 2.19. The minimum atomic E-state index is -0.0531. The summed E-state index contributed by atoms with van der Waals surface area (Å²) < 4.78 is 5.59. The number of ether oxygens (including phenoxy) is 1. The van der Waals surface area contributed by atoms with Gasteiger partial charge in [0.1, 0.15) is 5.82 Å². The first-order valence-corrected chi connectivity index (χ1v) is 6.26. The van der Waals surface area contributed by atoms with Crippen LogP contribution in [0.15, 0.2) is 18.3 Å². The smallest absolute Gasteiger partial charge is 0.258 e. The second kappa shape index (κ2) is 5.35. The van der Waals surface area contributed by atoms with Gasteiger partial charge in [0.2, 0.25) is 0 Å². The largest absolute Gasteiger partial charge is 0.383 e. The Kier molecular flexibility index (Phi) is 3.81. The molecule has 0 radical (unpaired) electrons. The van der Waals surface area contributed by atoms with Crippen LogP contribution < -0.4 is 5.73 Å². The van der Waals surface area contributed by atoms with Gasteiger partial charge in [-0.3, -0.25) is 4.79 Å². The molecule has 5 nitrogen and oxygen atoms in total. The fraction of sp³-hybridized carbons (Fsp3) is 0.538. The maximum atomic E-state index is 12.5. The molecule has 0 saturated carbocycles. The molecule has 5 heteroatoms. The van der Waals surface area contributed by atoms with Crippen LogP contribution in [0.4, 0.5) is 5.82 Å². The Morgan fingerprint density at radius 1 is 1.67 bits per heavy atom. The van der Waals surface area contributed by atoms with Crippen molar-refractivity contribution in [1.29, 1.82) is 0 Å². The second-order valence-corrected chi connectivity index (χ2v) is 4.60. The molecule has 1 saturated heterocycles. The lowest BCUT2D eigenvalue weighted by Crippen LogP contribution is -2.51. The molecule has 2 atom stereocenters. The molecule has 0 aromatic carbocycles. The third kappa shape index (κ3) is 2.46. The Morgan fingerprint density at radius 2 is 2.44 bits per heavy atom. The molecule has 2 unspecified atom stereocenters. The van der Waals surface area contributed by atoms with E-state index in [1.54, 1.807) is 18.3 Å². The maximum absolute atomic E-state index is 12.5. The predicted molar refractivity (Wildman–Crippen MR) is 69.2 cm³/mol. The average Bonchev–Trinajstić information content (AvgIpc) is 2.38. The number of carbonyl (C=O) groups excluding carboxylic acids is 1. The van der Waals surface area contributed by atoms with Gasteiger partial charge in [-0.2, -0.15) is 0 Å². The number of rotatable bonds is 2. The van der Waals surface area contributed by atoms with Gasteiger partial charge in [0, 0.05) is 12.7 Å². The molecular weight excluding hydrogens is 230 g/mol. The molecule has 2 N–H and O–H groups in total. The fourth-order valence-corrected chi connectivity index (χ4v) is 2.18. The number of aromatic nitrogens is 1. The van der Waals surface area contributed by atoms with Crippen molar-refractivity contribution >= 4 is 11.7 Å². The summed E-state index contributed by atoms with van der Waals surface area (Å²) in [6.07, 6.45) is 2.53. The number of hydrogen-bond acceptors (Lipinski definition) is 4. The summed E-state index contributed by atoms with van der Waals surface area (Å²) in [5, 5.41) is 0. The molecule has 1 aromatic heterocycles. The van der Waals surface area contributed by atoms with Crippen LogP contribution in [0.2, 0.25) is 0 Å². The minimum absolute atomic E-state index is 0.0531. The van der Waals surface area contributed by atoms with Gasteiger partial charge in [0.15, 0.2) is 0 Å². The first-order chi connectivity index (χ1) is 8.63. The summed E-state index contributed by atoms with van der Waals surface area (Å²) in [6.45, 7) is 5.21. The van der Waals surface area contributed by atoms with Crippen LogP contribution in [-0.2, 0) is 4.74 Å². The normalized spacial score (nSPS) is 24.0. The Labute approximate surface area is 107 Å². The summed E-state index contributed by atoms with van der Waals surface area (Å²) in [6, 6.07) is 3.57. The SMILES string of the molecule is CCC1COC(C)CN1C(=O)c1cccnc1N. The zero-order valence-corrected chi connectivity index (χ0v) is 10.8. The van der Waals surface area contributed by atoms with Crippen molar-refractivity contribution < 1.29 is 9.53 Å². The van der Waals surface area contributed by atoms with E-state index < -0.39 is 0 Å². The molecule has 1 amide bonds. The highest BCUT2D eigenvalue weighted by atomic mass is 16.5. The highest BCUT2D eigenvalue weighted by molar-refractivity contribution is 5.98. The van der Waals surface area contributed by atoms with Crippen molar-refractivity contribution in [3.05, 3.63) is 23.9 Å². The van der Waals surface area contributed by atoms with Crippen LogP contribution in [-0.4, -0.2) is 41.1 Å². The predicted octanol–water partition coefficient (Wildman–Crippen LogP) is 1.30. The number of anilines is 1. The van der Waals surface area contributed by atoms with Gasteiger partial charge in [0.25, 0.3) is 5.91 Å². The van der Waals surface area contributed by atoms with E-state index in [9.17, 15) is 4.79 Å². The molecule has 1 fully saturated rings. The monoisotopic (exact) mass is 249 g/mol. The zero-order valence-electron chi connectivity index (χ0n) is 10.8. The number of morpholine rings is 1. The van der Waals surface area contributed by atoms with Crippen molar-refractivity contribution in [3.8, 4) is 0 Å². The molecule has 0 aliphatic carbocycles. The van der Waals surface area contributed by atoms with E-state index in [2.05, 4.69) is 11.9 Å². The molecule has 1 aliphatic rings. The van der Waals surface area contributed by atoms with Gasteiger partial charge in [-0.25, -0.2) is 4.98 Å². The molecular formula is C13H19N3O2. The molecule has 1 aromatic rings. The van der Waals surface area contributed by atoms with Gasteiger partial charge in [-0.1, -0.05) is 6.92 Å². The number of amides is 1. The molecule has 2 heterocycles. The van der Waals surface area contributed by atoms with E-state index in [0.29, 0.717) is 18.7 Å². The number of nitrogens with two attached hydrogens (primary N) is 1. The van der Waals surface area contributed by atoms with E-state index >= 15 is 0 Å². The number of hydrogen-bond donors (Lipinski definition) is 1. The molecule has 98 valence electrons. The fourth-order valence-electron chi connectivity index (χ4n) is 2.18. The van der Waals surface area contributed by atoms with E-state index in [1.807, 2.05) is 11.8 Å². The van der Waals surface area contributed by atoms with Crippen LogP contribution in [0.5, 0.6) is 0 Å². The summed E-state index contributed by atoms with van der Waals surface area (Å²) in [5.41, 5.74) is 6.24. The Balaban J connectivity index is 2.23. The van der Waals surface area contributed by atoms with Gasteiger partial charge in [0.05, 0.1) is 24.3 Å². The third-order valence-corrected chi connectivity index (χ3v) is 3.27. The Bertz CT molecular complexity index is 436. The maximum Gasteiger partial charge on any atom is 0.258 e. The minimum Gasteiger partial charge on any atom is -0.383 e. The van der Waals surface area contributed by atoms with Crippen molar-refractivity contribution in [2.45, 2.75) is 32.4 Å². The van der Waals surface area contributed by atoms with Crippen molar-refractivity contribution in [3.63, 3.8) is 0 Å². The number of carbonyl (C=O) groups is 1. The van der Waals surface area contributed by atoms with Gasteiger partial charge >= 0.3 is 0 Å². The molecule has 2 rings (SSSR count). The van der Waals surface area contributed by atoms with Gasteiger partial charge in [-0.15, -0.1) is 0 Å². The van der Waals surface area contributed by atoms with Crippen LogP contribution >= 0.6 is 0 Å². The number of nitrogen functional groups attached to an aromatic ring is 1. The quantitative estimate of drug-likeness (QED) is 0.858. The summed E-state index contributed by atoms with van der Waals surface area (Å²) in [4.78, 5) is 18.3. The topological polar surface area (TPSA) is 68.5 Å². The summed E-state index contributed by atoms with van der Waals surface area (Å²) in [7, 11) is 0. The zero-order chi connectivity index (χ0) is 13.1. The molecule has 18 heavy (non-hydrogen) atoms. The van der Waals surface area contributed by atoms with Crippen molar-refractivity contribution in [1.82, 2.24) is 9.88 Å². The van der Waals surface area contributed by atoms with Crippen LogP contribution in [0, 0.1) is 0 Å². The lowest BCUT2D eigenvalue weighted by Gasteiger charge is -2.38. The van der Waals surface area contributed by atoms with Crippen molar-refractivity contribution in [2.75, 3.05) is 18.9 Å². The van der Waals surface area contributed by atoms with E-state index in [0.717, 1.165) is 6.42 Å². The number of nitrogens with zero attached hydrogens (tertiary/aromatic N) is 2. The van der Waals surface area contributed by atoms with E-state index in [1.165, 1.54) is 0 Å². The molecule has 0 spiro atoms. The second-order valence-electron chi connectivity index (χ2n) is 4.60. The summed E-state index contributed by atoms with van der Waals surface area (Å²) in [5.74, 6) is 0.235. The lowest BCUT2D eigenvalue weighted by molar-refractivity contribution is -0.0443. The van der Waals surface area contributed by atoms with Crippen LogP contribution in [0.25, 0.3) is 0 Å². The summed E-state index contributed by atoms with van der Waals surface area (Å²) >= 11 is 0. The number of pyridine rings is 1. The van der Waals surface area contributed by atoms with Crippen LogP contribution in [0.3, 0.4) is 0 Å². The standard InChI is InChI=1S/C13H19N3O2/c1-3-10-8-18-9(2)7-16(10)13(17)11-5-4-6-15-12(11)14/h4-6,9-10H,3,7-8H2,1-2H3,(H2,14,15). The van der Waals surface area contributed by atoms with E-state index in [-0.39, 0.29) is 23.9 Å². The van der Waals surface area contributed by atoms with Crippen molar-refractivity contribution in [2.24, 2.45) is 0 Å². The molecule has 0 bridgehead atoms. The first kappa shape index (κ1) is 12.8. The Hall–Kier alpha value is -1.62. The van der Waals surface area contributed by atoms with Gasteiger partial charge in [-0.05, 0) is 25.5 Å². The Morgan fingerprint density at radius 3 is 3.11 bits per heavy atom. The lowest BCUT2D eigenvalue weighted by atomic mass is 10.1. The first-order valence-electron chi connectivity index (χ1n) is 6.26. The van der Waals surface area contributed by atoms with E-state index in [4.69, 9.17) is 10.5 Å². The molecule has 1 aliphatic heterocycles. The third-order valence-electron chi connectivity index (χ3n) is 3.27. The highest BCUT2D eigenvalue weighted by Gasteiger charge is 2.30. The average molecular weight is 249 g/mol.